The molecule has 1 saturated heterocycles. The van der Waals surface area contributed by atoms with E-state index in [9.17, 15) is 8.78 Å². The van der Waals surface area contributed by atoms with Crippen molar-refractivity contribution in [3.05, 3.63) is 35.4 Å². The van der Waals surface area contributed by atoms with Gasteiger partial charge < -0.3 is 5.73 Å². The number of benzene rings is 1. The van der Waals surface area contributed by atoms with Gasteiger partial charge in [0.25, 0.3) is 0 Å². The first-order chi connectivity index (χ1) is 8.04. The first-order valence-corrected chi connectivity index (χ1v) is 5.89. The third-order valence-corrected chi connectivity index (χ3v) is 3.56. The average Bonchev–Trinajstić information content (AvgIpc) is 2.68. The summed E-state index contributed by atoms with van der Waals surface area (Å²) < 4.78 is 26.6. The summed E-state index contributed by atoms with van der Waals surface area (Å²) in [6.45, 7) is 4.96. The Bertz CT molecular complexity index is 414. The molecule has 0 bridgehead atoms. The van der Waals surface area contributed by atoms with E-state index < -0.39 is 11.6 Å². The second kappa shape index (κ2) is 5.95. The maximum atomic E-state index is 13.5. The molecular weight excluding hydrogens is 258 g/mol. The van der Waals surface area contributed by atoms with Crippen LogP contribution in [0.2, 0.25) is 0 Å². The van der Waals surface area contributed by atoms with Crippen LogP contribution in [0.15, 0.2) is 18.2 Å². The van der Waals surface area contributed by atoms with E-state index in [1.165, 1.54) is 0 Å². The van der Waals surface area contributed by atoms with Gasteiger partial charge in [-0.1, -0.05) is 19.1 Å². The van der Waals surface area contributed by atoms with E-state index in [-0.39, 0.29) is 17.8 Å². The molecule has 1 aromatic rings. The molecule has 1 heterocycles. The molecule has 5 heteroatoms. The SMILES string of the molecule is CC1(CN)CCN(Cc2cccc(F)c2F)C1.Cl. The van der Waals surface area contributed by atoms with Gasteiger partial charge in [0.15, 0.2) is 11.6 Å². The summed E-state index contributed by atoms with van der Waals surface area (Å²) >= 11 is 0. The number of nitrogens with zero attached hydrogens (tertiary/aromatic N) is 1. The van der Waals surface area contributed by atoms with Gasteiger partial charge in [-0.2, -0.15) is 0 Å². The molecule has 0 amide bonds. The molecule has 1 fully saturated rings. The summed E-state index contributed by atoms with van der Waals surface area (Å²) in [5, 5.41) is 0. The second-order valence-electron chi connectivity index (χ2n) is 5.19. The standard InChI is InChI=1S/C13H18F2N2.ClH/c1-13(8-16)5-6-17(9-13)7-10-3-2-4-11(14)12(10)15;/h2-4H,5-9,16H2,1H3;1H. The summed E-state index contributed by atoms with van der Waals surface area (Å²) in [7, 11) is 0. The van der Waals surface area contributed by atoms with Crippen LogP contribution in [0, 0.1) is 17.0 Å². The Morgan fingerprint density at radius 3 is 2.72 bits per heavy atom. The zero-order valence-electron chi connectivity index (χ0n) is 10.5. The Morgan fingerprint density at radius 1 is 1.39 bits per heavy atom. The van der Waals surface area contributed by atoms with Crippen molar-refractivity contribution in [1.82, 2.24) is 4.90 Å². The minimum Gasteiger partial charge on any atom is -0.330 e. The van der Waals surface area contributed by atoms with Crippen molar-refractivity contribution < 1.29 is 8.78 Å². The Labute approximate surface area is 113 Å². The Morgan fingerprint density at radius 2 is 2.11 bits per heavy atom. The van der Waals surface area contributed by atoms with Gasteiger partial charge in [-0.25, -0.2) is 8.78 Å². The van der Waals surface area contributed by atoms with Gasteiger partial charge in [0.1, 0.15) is 0 Å². The Hall–Kier alpha value is -0.710. The number of halogens is 3. The fourth-order valence-electron chi connectivity index (χ4n) is 2.34. The van der Waals surface area contributed by atoms with E-state index in [2.05, 4.69) is 11.8 Å². The largest absolute Gasteiger partial charge is 0.330 e. The zero-order chi connectivity index (χ0) is 12.5. The van der Waals surface area contributed by atoms with Gasteiger partial charge in [-0.05, 0) is 31.0 Å². The van der Waals surface area contributed by atoms with Gasteiger partial charge in [0.05, 0.1) is 0 Å². The van der Waals surface area contributed by atoms with Crippen LogP contribution in [0.4, 0.5) is 8.78 Å². The van der Waals surface area contributed by atoms with Crippen LogP contribution in [0.3, 0.4) is 0 Å². The molecule has 0 radical (unpaired) electrons. The van der Waals surface area contributed by atoms with Crippen molar-refractivity contribution in [1.29, 1.82) is 0 Å². The number of hydrogen-bond donors (Lipinski definition) is 1. The van der Waals surface area contributed by atoms with E-state index in [4.69, 9.17) is 5.73 Å². The van der Waals surface area contributed by atoms with E-state index >= 15 is 0 Å². The summed E-state index contributed by atoms with van der Waals surface area (Å²) in [6.07, 6.45) is 1.01. The minimum absolute atomic E-state index is 0. The lowest BCUT2D eigenvalue weighted by atomic mass is 9.90. The molecule has 1 aromatic carbocycles. The van der Waals surface area contributed by atoms with Crippen LogP contribution in [0.5, 0.6) is 0 Å². The third kappa shape index (κ3) is 3.19. The van der Waals surface area contributed by atoms with Crippen LogP contribution in [-0.2, 0) is 6.54 Å². The van der Waals surface area contributed by atoms with E-state index in [1.807, 2.05) is 0 Å². The van der Waals surface area contributed by atoms with Crippen molar-refractivity contribution in [3.8, 4) is 0 Å². The molecule has 102 valence electrons. The van der Waals surface area contributed by atoms with Gasteiger partial charge >= 0.3 is 0 Å². The van der Waals surface area contributed by atoms with Crippen LogP contribution in [0.1, 0.15) is 18.9 Å². The number of likely N-dealkylation sites (tertiary alicyclic amines) is 1. The van der Waals surface area contributed by atoms with Crippen LogP contribution < -0.4 is 5.73 Å². The van der Waals surface area contributed by atoms with Crippen molar-refractivity contribution in [2.75, 3.05) is 19.6 Å². The monoisotopic (exact) mass is 276 g/mol. The average molecular weight is 277 g/mol. The molecule has 2 N–H and O–H groups in total. The van der Waals surface area contributed by atoms with Crippen LogP contribution in [-0.4, -0.2) is 24.5 Å². The fourth-order valence-corrected chi connectivity index (χ4v) is 2.34. The van der Waals surface area contributed by atoms with Crippen molar-refractivity contribution in [2.45, 2.75) is 19.9 Å². The minimum atomic E-state index is -0.775. The maximum Gasteiger partial charge on any atom is 0.163 e. The predicted octanol–water partition coefficient (Wildman–Crippen LogP) is 2.56. The van der Waals surface area contributed by atoms with Gasteiger partial charge in [0.2, 0.25) is 0 Å². The molecule has 0 saturated carbocycles. The molecule has 18 heavy (non-hydrogen) atoms. The highest BCUT2D eigenvalue weighted by Crippen LogP contribution is 2.29. The van der Waals surface area contributed by atoms with Crippen molar-refractivity contribution in [2.24, 2.45) is 11.1 Å². The Balaban J connectivity index is 0.00000162. The summed E-state index contributed by atoms with van der Waals surface area (Å²) in [4.78, 5) is 2.13. The topological polar surface area (TPSA) is 29.3 Å². The summed E-state index contributed by atoms with van der Waals surface area (Å²) in [5.74, 6) is -1.50. The zero-order valence-corrected chi connectivity index (χ0v) is 11.3. The van der Waals surface area contributed by atoms with Gasteiger partial charge in [0, 0.05) is 18.7 Å². The van der Waals surface area contributed by atoms with E-state index in [1.54, 1.807) is 12.1 Å². The molecule has 0 spiro atoms. The van der Waals surface area contributed by atoms with Gasteiger partial charge in [-0.3, -0.25) is 4.90 Å². The highest BCUT2D eigenvalue weighted by molar-refractivity contribution is 5.85. The molecule has 1 aliphatic rings. The van der Waals surface area contributed by atoms with E-state index in [0.29, 0.717) is 18.7 Å². The number of rotatable bonds is 3. The summed E-state index contributed by atoms with van der Waals surface area (Å²) in [5.41, 5.74) is 6.25. The summed E-state index contributed by atoms with van der Waals surface area (Å²) in [6, 6.07) is 4.33. The van der Waals surface area contributed by atoms with Crippen LogP contribution in [0.25, 0.3) is 0 Å². The molecular formula is C13H19ClF2N2. The molecule has 1 atom stereocenters. The van der Waals surface area contributed by atoms with E-state index in [0.717, 1.165) is 25.6 Å². The predicted molar refractivity (Wildman–Crippen MR) is 70.7 cm³/mol. The lowest BCUT2D eigenvalue weighted by Gasteiger charge is -2.22. The second-order valence-corrected chi connectivity index (χ2v) is 5.19. The highest BCUT2D eigenvalue weighted by Gasteiger charge is 2.32. The number of nitrogens with two attached hydrogens (primary N) is 1. The Kier molecular flexibility index (Phi) is 5.08. The lowest BCUT2D eigenvalue weighted by molar-refractivity contribution is 0.270. The number of hydrogen-bond acceptors (Lipinski definition) is 2. The molecule has 0 aliphatic carbocycles. The molecule has 2 rings (SSSR count). The molecule has 1 unspecified atom stereocenters. The quantitative estimate of drug-likeness (QED) is 0.919. The highest BCUT2D eigenvalue weighted by atomic mass is 35.5. The first-order valence-electron chi connectivity index (χ1n) is 5.89. The van der Waals surface area contributed by atoms with Crippen molar-refractivity contribution in [3.63, 3.8) is 0 Å². The fraction of sp³-hybridized carbons (Fsp3) is 0.538. The molecule has 0 aromatic heterocycles. The first kappa shape index (κ1) is 15.3. The molecule has 1 aliphatic heterocycles. The molecule has 2 nitrogen and oxygen atoms in total. The smallest absolute Gasteiger partial charge is 0.163 e. The third-order valence-electron chi connectivity index (χ3n) is 3.56. The lowest BCUT2D eigenvalue weighted by Crippen LogP contribution is -2.31. The maximum absolute atomic E-state index is 13.5. The normalized spacial score (nSPS) is 24.0. The van der Waals surface area contributed by atoms with Crippen LogP contribution >= 0.6 is 12.4 Å². The van der Waals surface area contributed by atoms with Gasteiger partial charge in [-0.15, -0.1) is 12.4 Å². The van der Waals surface area contributed by atoms with Crippen molar-refractivity contribution >= 4 is 12.4 Å².